The molecule has 108 valence electrons. The summed E-state index contributed by atoms with van der Waals surface area (Å²) in [5, 5.41) is 2.74. The van der Waals surface area contributed by atoms with Crippen LogP contribution in [0.25, 0.3) is 11.0 Å². The summed E-state index contributed by atoms with van der Waals surface area (Å²) in [7, 11) is 0. The van der Waals surface area contributed by atoms with E-state index in [0.717, 1.165) is 12.5 Å². The van der Waals surface area contributed by atoms with E-state index in [4.69, 9.17) is 12.2 Å². The van der Waals surface area contributed by atoms with Crippen molar-refractivity contribution in [3.05, 3.63) is 28.5 Å². The van der Waals surface area contributed by atoms with E-state index in [1.807, 2.05) is 6.92 Å². The third kappa shape index (κ3) is 3.04. The van der Waals surface area contributed by atoms with Crippen molar-refractivity contribution in [2.45, 2.75) is 26.3 Å². The minimum Gasteiger partial charge on any atom is -0.356 e. The topological polar surface area (TPSA) is 49.8 Å². The van der Waals surface area contributed by atoms with Gasteiger partial charge in [0.2, 0.25) is 5.91 Å². The summed E-state index contributed by atoms with van der Waals surface area (Å²) >= 11 is 5.08. The summed E-state index contributed by atoms with van der Waals surface area (Å²) in [5.41, 5.74) is 0.487. The Bertz CT molecular complexity index is 693. The molecule has 0 saturated heterocycles. The van der Waals surface area contributed by atoms with E-state index in [1.54, 1.807) is 0 Å². The largest absolute Gasteiger partial charge is 0.356 e. The van der Waals surface area contributed by atoms with Gasteiger partial charge in [0.15, 0.2) is 10.6 Å². The highest BCUT2D eigenvalue weighted by molar-refractivity contribution is 7.71. The number of hydrogen-bond donors (Lipinski definition) is 2. The number of aryl methyl sites for hydroxylation is 1. The molecule has 0 fully saturated rings. The number of aromatic amines is 1. The molecule has 1 heterocycles. The molecule has 1 aromatic heterocycles. The van der Waals surface area contributed by atoms with E-state index in [1.165, 1.54) is 10.6 Å². The van der Waals surface area contributed by atoms with Crippen LogP contribution in [0, 0.1) is 16.4 Å². The standard InChI is InChI=1S/C13H15F2N3OS/c1-2-4-16-11(19)3-5-18-10-7-8(14)6-9(15)12(10)17-13(18)20/h6-7H,2-5H2,1H3,(H,16,19)(H,17,20). The SMILES string of the molecule is CCCNC(=O)CCn1c(=S)[nH]c2c(F)cc(F)cc21. The fraction of sp³-hybridized carbons (Fsp3) is 0.385. The minimum atomic E-state index is -0.694. The van der Waals surface area contributed by atoms with Gasteiger partial charge in [0, 0.05) is 25.6 Å². The number of fused-ring (bicyclic) bond motifs is 1. The maximum Gasteiger partial charge on any atom is 0.221 e. The number of carbonyl (C=O) groups excluding carboxylic acids is 1. The zero-order valence-corrected chi connectivity index (χ0v) is 11.8. The highest BCUT2D eigenvalue weighted by Gasteiger charge is 2.11. The molecule has 0 aliphatic carbocycles. The second-order valence-corrected chi connectivity index (χ2v) is 4.85. The van der Waals surface area contributed by atoms with Crippen molar-refractivity contribution in [1.29, 1.82) is 0 Å². The third-order valence-corrected chi connectivity index (χ3v) is 3.26. The van der Waals surface area contributed by atoms with Gasteiger partial charge in [-0.25, -0.2) is 8.78 Å². The number of benzene rings is 1. The third-order valence-electron chi connectivity index (χ3n) is 2.94. The Morgan fingerprint density at radius 2 is 2.20 bits per heavy atom. The molecule has 0 spiro atoms. The number of aromatic nitrogens is 2. The Kier molecular flexibility index (Phi) is 4.49. The molecule has 0 atom stereocenters. The minimum absolute atomic E-state index is 0.111. The molecular formula is C13H15F2N3OS. The van der Waals surface area contributed by atoms with Crippen LogP contribution in [0.3, 0.4) is 0 Å². The molecular weight excluding hydrogens is 284 g/mol. The molecule has 4 nitrogen and oxygen atoms in total. The van der Waals surface area contributed by atoms with Crippen LogP contribution in [0.15, 0.2) is 12.1 Å². The van der Waals surface area contributed by atoms with Gasteiger partial charge in [-0.2, -0.15) is 0 Å². The molecule has 1 amide bonds. The number of nitrogens with zero attached hydrogens (tertiary/aromatic N) is 1. The number of nitrogens with one attached hydrogen (secondary N) is 2. The van der Waals surface area contributed by atoms with E-state index >= 15 is 0 Å². The smallest absolute Gasteiger partial charge is 0.221 e. The van der Waals surface area contributed by atoms with Crippen molar-refractivity contribution in [3.63, 3.8) is 0 Å². The van der Waals surface area contributed by atoms with Crippen molar-refractivity contribution in [2.75, 3.05) is 6.54 Å². The van der Waals surface area contributed by atoms with Crippen LogP contribution >= 0.6 is 12.2 Å². The summed E-state index contributed by atoms with van der Waals surface area (Å²) in [4.78, 5) is 14.3. The zero-order valence-electron chi connectivity index (χ0n) is 11.0. The van der Waals surface area contributed by atoms with Crippen molar-refractivity contribution >= 4 is 29.2 Å². The van der Waals surface area contributed by atoms with Gasteiger partial charge in [0.05, 0.1) is 5.52 Å². The molecule has 2 aromatic rings. The van der Waals surface area contributed by atoms with Crippen LogP contribution in [0.2, 0.25) is 0 Å². The van der Waals surface area contributed by atoms with E-state index in [-0.39, 0.29) is 29.2 Å². The van der Waals surface area contributed by atoms with Gasteiger partial charge in [-0.1, -0.05) is 6.92 Å². The number of halogens is 2. The van der Waals surface area contributed by atoms with E-state index in [9.17, 15) is 13.6 Å². The van der Waals surface area contributed by atoms with Crippen LogP contribution in [0.4, 0.5) is 8.78 Å². The quantitative estimate of drug-likeness (QED) is 0.834. The molecule has 7 heteroatoms. The maximum atomic E-state index is 13.6. The highest BCUT2D eigenvalue weighted by Crippen LogP contribution is 2.19. The van der Waals surface area contributed by atoms with Crippen LogP contribution in [-0.2, 0) is 11.3 Å². The van der Waals surface area contributed by atoms with Gasteiger partial charge in [-0.3, -0.25) is 4.79 Å². The Hall–Kier alpha value is -1.76. The van der Waals surface area contributed by atoms with E-state index < -0.39 is 11.6 Å². The summed E-state index contributed by atoms with van der Waals surface area (Å²) in [6, 6.07) is 2.00. The first kappa shape index (κ1) is 14.6. The number of carbonyl (C=O) groups is 1. The van der Waals surface area contributed by atoms with Crippen LogP contribution in [0.1, 0.15) is 19.8 Å². The number of amides is 1. The normalized spacial score (nSPS) is 10.9. The monoisotopic (exact) mass is 299 g/mol. The Morgan fingerprint density at radius 3 is 2.90 bits per heavy atom. The summed E-state index contributed by atoms with van der Waals surface area (Å²) in [6.45, 7) is 2.85. The summed E-state index contributed by atoms with van der Waals surface area (Å²) in [5.74, 6) is -1.48. The van der Waals surface area contributed by atoms with Crippen LogP contribution in [0.5, 0.6) is 0 Å². The molecule has 1 aromatic carbocycles. The first-order valence-corrected chi connectivity index (χ1v) is 6.78. The lowest BCUT2D eigenvalue weighted by molar-refractivity contribution is -0.121. The first-order chi connectivity index (χ1) is 9.52. The number of imidazole rings is 1. The fourth-order valence-corrected chi connectivity index (χ4v) is 2.26. The van der Waals surface area contributed by atoms with Gasteiger partial charge in [0.1, 0.15) is 11.3 Å². The molecule has 0 saturated carbocycles. The lowest BCUT2D eigenvalue weighted by atomic mass is 10.3. The molecule has 2 rings (SSSR count). The predicted molar refractivity (Wildman–Crippen MR) is 75.0 cm³/mol. The van der Waals surface area contributed by atoms with Gasteiger partial charge in [-0.05, 0) is 24.7 Å². The van der Waals surface area contributed by atoms with Gasteiger partial charge in [-0.15, -0.1) is 0 Å². The zero-order chi connectivity index (χ0) is 14.7. The van der Waals surface area contributed by atoms with Crippen molar-refractivity contribution in [2.24, 2.45) is 0 Å². The van der Waals surface area contributed by atoms with E-state index in [2.05, 4.69) is 10.3 Å². The molecule has 0 unspecified atom stereocenters. The van der Waals surface area contributed by atoms with Gasteiger partial charge in [0.25, 0.3) is 0 Å². The second-order valence-electron chi connectivity index (χ2n) is 4.46. The van der Waals surface area contributed by atoms with E-state index in [0.29, 0.717) is 12.1 Å². The lowest BCUT2D eigenvalue weighted by Gasteiger charge is -2.06. The number of H-pyrrole nitrogens is 1. The molecule has 0 radical (unpaired) electrons. The maximum absolute atomic E-state index is 13.6. The molecule has 0 bridgehead atoms. The van der Waals surface area contributed by atoms with Gasteiger partial charge >= 0.3 is 0 Å². The Labute approximate surface area is 119 Å². The average molecular weight is 299 g/mol. The summed E-state index contributed by atoms with van der Waals surface area (Å²) < 4.78 is 28.7. The van der Waals surface area contributed by atoms with Crippen molar-refractivity contribution < 1.29 is 13.6 Å². The first-order valence-electron chi connectivity index (χ1n) is 6.37. The molecule has 2 N–H and O–H groups in total. The van der Waals surface area contributed by atoms with Gasteiger partial charge < -0.3 is 14.9 Å². The highest BCUT2D eigenvalue weighted by atomic mass is 32.1. The van der Waals surface area contributed by atoms with Crippen LogP contribution in [-0.4, -0.2) is 22.0 Å². The predicted octanol–water partition coefficient (Wildman–Crippen LogP) is 2.89. The lowest BCUT2D eigenvalue weighted by Crippen LogP contribution is -2.25. The summed E-state index contributed by atoms with van der Waals surface area (Å²) in [6.07, 6.45) is 1.06. The second kappa shape index (κ2) is 6.13. The molecule has 0 aliphatic rings. The Morgan fingerprint density at radius 1 is 1.45 bits per heavy atom. The number of rotatable bonds is 5. The number of hydrogen-bond acceptors (Lipinski definition) is 2. The molecule has 0 aliphatic heterocycles. The van der Waals surface area contributed by atoms with Crippen LogP contribution < -0.4 is 5.32 Å². The van der Waals surface area contributed by atoms with Crippen molar-refractivity contribution in [1.82, 2.24) is 14.9 Å². The van der Waals surface area contributed by atoms with Crippen molar-refractivity contribution in [3.8, 4) is 0 Å². The average Bonchev–Trinajstić information content (AvgIpc) is 2.70. The molecule has 20 heavy (non-hydrogen) atoms. The Balaban J connectivity index is 2.24. The fourth-order valence-electron chi connectivity index (χ4n) is 1.97.